The molecule has 2 fully saturated rings. The summed E-state index contributed by atoms with van der Waals surface area (Å²) >= 11 is 0. The second-order valence-corrected chi connectivity index (χ2v) is 12.3. The summed E-state index contributed by atoms with van der Waals surface area (Å²) in [5.41, 5.74) is 3.55. The molecular formula is C31H48N8O3. The lowest BCUT2D eigenvalue weighted by atomic mass is 9.83. The van der Waals surface area contributed by atoms with Gasteiger partial charge in [-0.05, 0) is 58.9 Å². The maximum absolute atomic E-state index is 12.5. The van der Waals surface area contributed by atoms with Crippen molar-refractivity contribution in [1.82, 2.24) is 40.0 Å². The Kier molecular flexibility index (Phi) is 11.1. The molecule has 5 heterocycles. The van der Waals surface area contributed by atoms with Crippen LogP contribution in [-0.4, -0.2) is 60.4 Å². The SMILES string of the molecule is CCCCCCC(NC=O)c1cn2nc(C[C@H]3CCCNC3=O)c(C3CCOC(C)(C)C3)nc2n1.Cc1ccnn1C. The number of fused-ring (bicyclic) bond motifs is 1. The quantitative estimate of drug-likeness (QED) is 0.255. The van der Waals surface area contributed by atoms with Gasteiger partial charge in [0, 0.05) is 50.3 Å². The van der Waals surface area contributed by atoms with Crippen LogP contribution in [0.2, 0.25) is 0 Å². The molecule has 11 nitrogen and oxygen atoms in total. The predicted octanol–water partition coefficient (Wildman–Crippen LogP) is 4.35. The van der Waals surface area contributed by atoms with Gasteiger partial charge < -0.3 is 15.4 Å². The molecule has 2 N–H and O–H groups in total. The Bertz CT molecular complexity index is 1300. The van der Waals surface area contributed by atoms with E-state index in [1.165, 1.54) is 18.5 Å². The van der Waals surface area contributed by atoms with E-state index in [9.17, 15) is 9.59 Å². The van der Waals surface area contributed by atoms with Crippen LogP contribution in [0.1, 0.15) is 113 Å². The van der Waals surface area contributed by atoms with E-state index in [1.807, 2.05) is 30.9 Å². The molecule has 5 rings (SSSR count). The first-order chi connectivity index (χ1) is 20.2. The van der Waals surface area contributed by atoms with Crippen LogP contribution < -0.4 is 10.6 Å². The van der Waals surface area contributed by atoms with Crippen molar-refractivity contribution in [1.29, 1.82) is 0 Å². The molecule has 3 aromatic heterocycles. The zero-order chi connectivity index (χ0) is 30.1. The summed E-state index contributed by atoms with van der Waals surface area (Å²) in [5, 5.41) is 14.8. The summed E-state index contributed by atoms with van der Waals surface area (Å²) in [5.74, 6) is 0.761. The first-order valence-corrected chi connectivity index (χ1v) is 15.5. The van der Waals surface area contributed by atoms with E-state index < -0.39 is 0 Å². The Morgan fingerprint density at radius 1 is 1.24 bits per heavy atom. The van der Waals surface area contributed by atoms with Crippen molar-refractivity contribution in [3.63, 3.8) is 0 Å². The number of unbranched alkanes of at least 4 members (excludes halogenated alkanes) is 3. The van der Waals surface area contributed by atoms with Crippen LogP contribution in [0.3, 0.4) is 0 Å². The van der Waals surface area contributed by atoms with Crippen molar-refractivity contribution in [3.05, 3.63) is 41.2 Å². The van der Waals surface area contributed by atoms with E-state index in [0.717, 1.165) is 75.0 Å². The second kappa shape index (κ2) is 14.7. The largest absolute Gasteiger partial charge is 0.376 e. The fourth-order valence-corrected chi connectivity index (χ4v) is 5.87. The lowest BCUT2D eigenvalue weighted by Gasteiger charge is -2.35. The Hall–Kier alpha value is -3.34. The monoisotopic (exact) mass is 580 g/mol. The molecule has 2 aliphatic rings. The number of rotatable bonds is 11. The van der Waals surface area contributed by atoms with Gasteiger partial charge in [-0.3, -0.25) is 14.3 Å². The molecule has 0 aromatic carbocycles. The van der Waals surface area contributed by atoms with Gasteiger partial charge >= 0.3 is 0 Å². The van der Waals surface area contributed by atoms with Gasteiger partial charge in [0.15, 0.2) is 0 Å². The number of hydrogen-bond donors (Lipinski definition) is 2. The number of aryl methyl sites for hydroxylation is 2. The number of piperidine rings is 1. The van der Waals surface area contributed by atoms with E-state index in [4.69, 9.17) is 19.8 Å². The Morgan fingerprint density at radius 3 is 2.71 bits per heavy atom. The number of hydrogen-bond acceptors (Lipinski definition) is 7. The Morgan fingerprint density at radius 2 is 2.07 bits per heavy atom. The van der Waals surface area contributed by atoms with Crippen LogP contribution in [0.4, 0.5) is 0 Å². The van der Waals surface area contributed by atoms with Crippen LogP contribution >= 0.6 is 0 Å². The average molecular weight is 581 g/mol. The number of amides is 2. The molecule has 42 heavy (non-hydrogen) atoms. The molecule has 2 saturated heterocycles. The number of carbonyl (C=O) groups is 2. The summed E-state index contributed by atoms with van der Waals surface area (Å²) in [6.45, 7) is 9.85. The van der Waals surface area contributed by atoms with E-state index in [-0.39, 0.29) is 29.4 Å². The molecule has 0 bridgehead atoms. The number of carbonyl (C=O) groups excluding carboxylic acids is 2. The molecule has 11 heteroatoms. The maximum atomic E-state index is 12.5. The standard InChI is InChI=1S/C26H40N6O3.C5H8N2/c1-4-5-6-7-10-20(28-17-33)22-16-32-25(29-22)30-23(19-11-13-35-26(2,3)15-19)21(31-32)14-18-9-8-12-27-24(18)34;1-5-3-4-6-7(5)2/h16-20H,4-15H2,1-3H3,(H,27,34)(H,28,33);3-4H,1-2H3/t18-,19?,20?;/m1./s1. The van der Waals surface area contributed by atoms with Crippen LogP contribution in [-0.2, 0) is 27.8 Å². The maximum Gasteiger partial charge on any atom is 0.251 e. The fourth-order valence-electron chi connectivity index (χ4n) is 5.87. The molecule has 0 saturated carbocycles. The highest BCUT2D eigenvalue weighted by Gasteiger charge is 2.34. The first kappa shape index (κ1) is 31.6. The summed E-state index contributed by atoms with van der Waals surface area (Å²) in [6.07, 6.45) is 13.9. The molecule has 3 aromatic rings. The lowest BCUT2D eigenvalue weighted by Crippen LogP contribution is -2.38. The van der Waals surface area contributed by atoms with Crippen molar-refractivity contribution in [2.75, 3.05) is 13.2 Å². The van der Waals surface area contributed by atoms with Crippen LogP contribution in [0.5, 0.6) is 0 Å². The van der Waals surface area contributed by atoms with Crippen LogP contribution in [0.25, 0.3) is 5.78 Å². The number of ether oxygens (including phenoxy) is 1. The highest BCUT2D eigenvalue weighted by molar-refractivity contribution is 5.79. The normalized spacial score (nSPS) is 20.8. The van der Waals surface area contributed by atoms with Gasteiger partial charge in [0.2, 0.25) is 12.3 Å². The third kappa shape index (κ3) is 8.36. The van der Waals surface area contributed by atoms with E-state index in [0.29, 0.717) is 18.8 Å². The molecule has 230 valence electrons. The van der Waals surface area contributed by atoms with Crippen LogP contribution in [0, 0.1) is 12.8 Å². The van der Waals surface area contributed by atoms with Crippen LogP contribution in [0.15, 0.2) is 18.5 Å². The fraction of sp³-hybridized carbons (Fsp3) is 0.677. The molecule has 0 radical (unpaired) electrons. The van der Waals surface area contributed by atoms with Gasteiger partial charge in [0.25, 0.3) is 5.78 Å². The zero-order valence-electron chi connectivity index (χ0n) is 25.9. The van der Waals surface area contributed by atoms with Crippen molar-refractivity contribution >= 4 is 18.1 Å². The first-order valence-electron chi connectivity index (χ1n) is 15.5. The van der Waals surface area contributed by atoms with E-state index in [1.54, 1.807) is 10.7 Å². The third-order valence-electron chi connectivity index (χ3n) is 8.39. The molecule has 2 unspecified atom stereocenters. The smallest absolute Gasteiger partial charge is 0.251 e. The number of nitrogens with one attached hydrogen (secondary N) is 2. The van der Waals surface area contributed by atoms with E-state index >= 15 is 0 Å². The van der Waals surface area contributed by atoms with Crippen molar-refractivity contribution < 1.29 is 14.3 Å². The Labute approximate surface area is 249 Å². The third-order valence-corrected chi connectivity index (χ3v) is 8.39. The minimum atomic E-state index is -0.228. The summed E-state index contributed by atoms with van der Waals surface area (Å²) in [7, 11) is 1.93. The van der Waals surface area contributed by atoms with Gasteiger partial charge in [0.05, 0.1) is 34.9 Å². The zero-order valence-corrected chi connectivity index (χ0v) is 25.9. The van der Waals surface area contributed by atoms with Crippen molar-refractivity contribution in [2.45, 2.75) is 109 Å². The topological polar surface area (TPSA) is 128 Å². The number of nitrogens with zero attached hydrogens (tertiary/aromatic N) is 6. The predicted molar refractivity (Wildman–Crippen MR) is 161 cm³/mol. The summed E-state index contributed by atoms with van der Waals surface area (Å²) in [6, 6.07) is 1.81. The molecule has 3 atom stereocenters. The Balaban J connectivity index is 0.000000507. The van der Waals surface area contributed by atoms with Gasteiger partial charge in [-0.25, -0.2) is 14.5 Å². The van der Waals surface area contributed by atoms with Crippen molar-refractivity contribution in [2.24, 2.45) is 13.0 Å². The minimum absolute atomic E-state index is 0.0897. The molecule has 0 aliphatic carbocycles. The average Bonchev–Trinajstić information content (AvgIpc) is 3.55. The van der Waals surface area contributed by atoms with Gasteiger partial charge in [-0.2, -0.15) is 10.2 Å². The number of imidazole rings is 1. The molecular weight excluding hydrogens is 532 g/mol. The number of aromatic nitrogens is 6. The second-order valence-electron chi connectivity index (χ2n) is 12.3. The summed E-state index contributed by atoms with van der Waals surface area (Å²) < 4.78 is 9.51. The minimum Gasteiger partial charge on any atom is -0.376 e. The summed E-state index contributed by atoms with van der Waals surface area (Å²) in [4.78, 5) is 33.6. The van der Waals surface area contributed by atoms with Gasteiger partial charge in [0.1, 0.15) is 0 Å². The van der Waals surface area contributed by atoms with Gasteiger partial charge in [-0.15, -0.1) is 0 Å². The highest BCUT2D eigenvalue weighted by atomic mass is 16.5. The molecule has 2 aliphatic heterocycles. The van der Waals surface area contributed by atoms with E-state index in [2.05, 4.69) is 36.5 Å². The lowest BCUT2D eigenvalue weighted by molar-refractivity contribution is -0.126. The highest BCUT2D eigenvalue weighted by Crippen LogP contribution is 2.37. The van der Waals surface area contributed by atoms with Crippen molar-refractivity contribution in [3.8, 4) is 0 Å². The van der Waals surface area contributed by atoms with Gasteiger partial charge in [-0.1, -0.05) is 32.6 Å². The molecule has 0 spiro atoms. The molecule has 2 amide bonds.